The highest BCUT2D eigenvalue weighted by molar-refractivity contribution is 9.11. The standard InChI is InChI=1S/C12H7BrN2O4S2/c13-11-10(5-9(20-11)12(16)17)21(18,19)15-8-3-1-7(6-14)2-4-8/h1-5,15H,(H,16,17). The van der Waals surface area contributed by atoms with Crippen molar-refractivity contribution in [1.29, 1.82) is 5.26 Å². The quantitative estimate of drug-likeness (QED) is 0.839. The molecule has 1 aromatic carbocycles. The number of carbonyl (C=O) groups is 1. The molecule has 0 aliphatic heterocycles. The van der Waals surface area contributed by atoms with E-state index in [0.29, 0.717) is 5.56 Å². The molecule has 0 amide bonds. The van der Waals surface area contributed by atoms with Gasteiger partial charge < -0.3 is 5.11 Å². The van der Waals surface area contributed by atoms with Gasteiger partial charge in [-0.3, -0.25) is 4.72 Å². The number of nitriles is 1. The van der Waals surface area contributed by atoms with E-state index in [1.807, 2.05) is 6.07 Å². The summed E-state index contributed by atoms with van der Waals surface area (Å²) in [5, 5.41) is 17.6. The summed E-state index contributed by atoms with van der Waals surface area (Å²) in [6.07, 6.45) is 0. The number of halogens is 1. The van der Waals surface area contributed by atoms with Gasteiger partial charge in [0.25, 0.3) is 10.0 Å². The lowest BCUT2D eigenvalue weighted by atomic mass is 10.2. The second-order valence-corrected chi connectivity index (χ2v) is 7.87. The maximum Gasteiger partial charge on any atom is 0.345 e. The Morgan fingerprint density at radius 3 is 2.43 bits per heavy atom. The fourth-order valence-electron chi connectivity index (χ4n) is 1.46. The first-order valence-corrected chi connectivity index (χ1v) is 8.48. The Labute approximate surface area is 132 Å². The number of carboxylic acids is 1. The summed E-state index contributed by atoms with van der Waals surface area (Å²) >= 11 is 3.87. The molecule has 0 fully saturated rings. The van der Waals surface area contributed by atoms with E-state index >= 15 is 0 Å². The highest BCUT2D eigenvalue weighted by Gasteiger charge is 2.23. The van der Waals surface area contributed by atoms with Gasteiger partial charge in [-0.05, 0) is 46.3 Å². The molecule has 0 atom stereocenters. The number of carboxylic acid groups (broad SMARTS) is 1. The number of aromatic carboxylic acids is 1. The van der Waals surface area contributed by atoms with E-state index in [1.165, 1.54) is 24.3 Å². The average molecular weight is 387 g/mol. The zero-order valence-electron chi connectivity index (χ0n) is 10.2. The lowest BCUT2D eigenvalue weighted by Gasteiger charge is -2.06. The third-order valence-electron chi connectivity index (χ3n) is 2.42. The first-order valence-electron chi connectivity index (χ1n) is 5.39. The molecule has 1 aromatic heterocycles. The normalized spacial score (nSPS) is 10.9. The molecule has 0 unspecified atom stereocenters. The van der Waals surface area contributed by atoms with Crippen molar-refractivity contribution < 1.29 is 18.3 Å². The van der Waals surface area contributed by atoms with Crippen LogP contribution in [0.25, 0.3) is 0 Å². The predicted octanol–water partition coefficient (Wildman–Crippen LogP) is 2.88. The fraction of sp³-hybridized carbons (Fsp3) is 0. The minimum absolute atomic E-state index is 0.0814. The van der Waals surface area contributed by atoms with E-state index < -0.39 is 16.0 Å². The molecule has 6 nitrogen and oxygen atoms in total. The highest BCUT2D eigenvalue weighted by atomic mass is 79.9. The second-order valence-electron chi connectivity index (χ2n) is 3.85. The summed E-state index contributed by atoms with van der Waals surface area (Å²) in [5.74, 6) is -1.19. The molecule has 9 heteroatoms. The van der Waals surface area contributed by atoms with Crippen LogP contribution in [0, 0.1) is 11.3 Å². The lowest BCUT2D eigenvalue weighted by molar-refractivity contribution is 0.0702. The van der Waals surface area contributed by atoms with Gasteiger partial charge in [0.1, 0.15) is 9.77 Å². The summed E-state index contributed by atoms with van der Waals surface area (Å²) < 4.78 is 27.0. The number of anilines is 1. The van der Waals surface area contributed by atoms with E-state index in [9.17, 15) is 13.2 Å². The van der Waals surface area contributed by atoms with Crippen molar-refractivity contribution in [2.75, 3.05) is 4.72 Å². The van der Waals surface area contributed by atoms with E-state index in [-0.39, 0.29) is 19.2 Å². The summed E-state index contributed by atoms with van der Waals surface area (Å²) in [6, 6.07) is 8.87. The molecule has 0 aliphatic carbocycles. The number of thiophene rings is 1. The van der Waals surface area contributed by atoms with Crippen LogP contribution in [0.4, 0.5) is 5.69 Å². The molecule has 2 N–H and O–H groups in total. The van der Waals surface area contributed by atoms with Crippen molar-refractivity contribution in [2.45, 2.75) is 4.90 Å². The summed E-state index contributed by atoms with van der Waals surface area (Å²) in [4.78, 5) is 10.6. The van der Waals surface area contributed by atoms with E-state index in [2.05, 4.69) is 20.7 Å². The summed E-state index contributed by atoms with van der Waals surface area (Å²) in [5.41, 5.74) is 0.687. The topological polar surface area (TPSA) is 107 Å². The van der Waals surface area contributed by atoms with Crippen molar-refractivity contribution in [1.82, 2.24) is 0 Å². The zero-order chi connectivity index (χ0) is 15.6. The number of benzene rings is 1. The molecule has 0 bridgehead atoms. The van der Waals surface area contributed by atoms with Gasteiger partial charge >= 0.3 is 5.97 Å². The smallest absolute Gasteiger partial charge is 0.345 e. The Morgan fingerprint density at radius 1 is 1.33 bits per heavy atom. The van der Waals surface area contributed by atoms with Crippen LogP contribution in [0.3, 0.4) is 0 Å². The van der Waals surface area contributed by atoms with Crippen LogP contribution in [0.15, 0.2) is 39.0 Å². The van der Waals surface area contributed by atoms with Crippen LogP contribution in [-0.2, 0) is 10.0 Å². The molecule has 2 aromatic rings. The number of nitrogens with zero attached hydrogens (tertiary/aromatic N) is 1. The Hall–Kier alpha value is -1.89. The van der Waals surface area contributed by atoms with E-state index in [1.54, 1.807) is 0 Å². The molecular weight excluding hydrogens is 380 g/mol. The van der Waals surface area contributed by atoms with Gasteiger partial charge in [0.05, 0.1) is 15.4 Å². The van der Waals surface area contributed by atoms with Crippen LogP contribution in [0.2, 0.25) is 0 Å². The van der Waals surface area contributed by atoms with E-state index in [0.717, 1.165) is 17.4 Å². The zero-order valence-corrected chi connectivity index (χ0v) is 13.4. The molecular formula is C12H7BrN2O4S2. The molecule has 0 saturated heterocycles. The average Bonchev–Trinajstić information content (AvgIpc) is 2.82. The lowest BCUT2D eigenvalue weighted by Crippen LogP contribution is -2.12. The maximum atomic E-state index is 12.2. The molecule has 0 radical (unpaired) electrons. The predicted molar refractivity (Wildman–Crippen MR) is 80.9 cm³/mol. The van der Waals surface area contributed by atoms with Gasteiger partial charge in [-0.1, -0.05) is 0 Å². The number of rotatable bonds is 4. The SMILES string of the molecule is N#Cc1ccc(NS(=O)(=O)c2cc(C(=O)O)sc2Br)cc1. The second kappa shape index (κ2) is 5.85. The third-order valence-corrected chi connectivity index (χ3v) is 6.04. The van der Waals surface area contributed by atoms with Crippen molar-refractivity contribution >= 4 is 48.9 Å². The maximum absolute atomic E-state index is 12.2. The molecule has 0 saturated carbocycles. The first-order chi connectivity index (χ1) is 9.83. The van der Waals surface area contributed by atoms with Gasteiger partial charge in [0.15, 0.2) is 0 Å². The van der Waals surface area contributed by atoms with Gasteiger partial charge in [-0.15, -0.1) is 11.3 Å². The number of nitrogens with one attached hydrogen (secondary N) is 1. The van der Waals surface area contributed by atoms with Crippen molar-refractivity contribution in [3.8, 4) is 6.07 Å². The van der Waals surface area contributed by atoms with Crippen molar-refractivity contribution in [3.63, 3.8) is 0 Å². The number of hydrogen-bond acceptors (Lipinski definition) is 5. The Kier molecular flexibility index (Phi) is 4.32. The number of sulfonamides is 1. The number of hydrogen-bond donors (Lipinski definition) is 2. The molecule has 108 valence electrons. The molecule has 21 heavy (non-hydrogen) atoms. The highest BCUT2D eigenvalue weighted by Crippen LogP contribution is 2.32. The Morgan fingerprint density at radius 2 is 1.95 bits per heavy atom. The Bertz CT molecular complexity index is 835. The minimum atomic E-state index is -3.91. The monoisotopic (exact) mass is 386 g/mol. The van der Waals surface area contributed by atoms with Crippen LogP contribution >= 0.6 is 27.3 Å². The third kappa shape index (κ3) is 3.41. The van der Waals surface area contributed by atoms with Crippen LogP contribution in [0.5, 0.6) is 0 Å². The molecule has 0 aliphatic rings. The van der Waals surface area contributed by atoms with E-state index in [4.69, 9.17) is 10.4 Å². The first kappa shape index (κ1) is 15.5. The van der Waals surface area contributed by atoms with Crippen LogP contribution in [-0.4, -0.2) is 19.5 Å². The van der Waals surface area contributed by atoms with Gasteiger partial charge in [0.2, 0.25) is 0 Å². The van der Waals surface area contributed by atoms with Gasteiger partial charge in [-0.2, -0.15) is 5.26 Å². The summed E-state index contributed by atoms with van der Waals surface area (Å²) in [7, 11) is -3.91. The fourth-order valence-corrected chi connectivity index (χ4v) is 4.93. The summed E-state index contributed by atoms with van der Waals surface area (Å²) in [6.45, 7) is 0. The van der Waals surface area contributed by atoms with Crippen molar-refractivity contribution in [3.05, 3.63) is 44.6 Å². The minimum Gasteiger partial charge on any atom is -0.477 e. The Balaban J connectivity index is 2.33. The van der Waals surface area contributed by atoms with Crippen LogP contribution < -0.4 is 4.72 Å². The van der Waals surface area contributed by atoms with Crippen molar-refractivity contribution in [2.24, 2.45) is 0 Å². The van der Waals surface area contributed by atoms with Gasteiger partial charge in [0, 0.05) is 5.69 Å². The molecule has 2 rings (SSSR count). The van der Waals surface area contributed by atoms with Crippen LogP contribution in [0.1, 0.15) is 15.2 Å². The molecule has 0 spiro atoms. The molecule has 1 heterocycles. The van der Waals surface area contributed by atoms with Gasteiger partial charge in [-0.25, -0.2) is 13.2 Å². The largest absolute Gasteiger partial charge is 0.477 e.